The summed E-state index contributed by atoms with van der Waals surface area (Å²) in [5, 5.41) is 13.1. The molecule has 0 aromatic heterocycles. The van der Waals surface area contributed by atoms with Gasteiger partial charge in [-0.15, -0.1) is 0 Å². The summed E-state index contributed by atoms with van der Waals surface area (Å²) in [5.74, 6) is -0.670. The predicted molar refractivity (Wildman–Crippen MR) is 85.3 cm³/mol. The van der Waals surface area contributed by atoms with Gasteiger partial charge in [0.25, 0.3) is 5.69 Å². The number of non-ortho nitro benzene ring substituents is 1. The van der Waals surface area contributed by atoms with Crippen LogP contribution in [0.1, 0.15) is 6.92 Å². The van der Waals surface area contributed by atoms with E-state index in [2.05, 4.69) is 5.32 Å². The summed E-state index contributed by atoms with van der Waals surface area (Å²) < 4.78 is 11.6. The SMILES string of the molecule is C[C@@H]1CN(C(=O)C(=O)Nc2cccc([N+](=O)[O-])c2)CC[S@](=O)C1. The minimum Gasteiger partial charge on any atom is -0.333 e. The molecule has 23 heavy (non-hydrogen) atoms. The maximum Gasteiger partial charge on any atom is 0.313 e. The molecular formula is C14H17N3O5S. The molecule has 0 spiro atoms. The van der Waals surface area contributed by atoms with Gasteiger partial charge in [0.2, 0.25) is 0 Å². The normalized spacial score (nSPS) is 21.3. The summed E-state index contributed by atoms with van der Waals surface area (Å²) in [6.07, 6.45) is 0. The molecule has 0 radical (unpaired) electrons. The minimum atomic E-state index is -0.985. The third kappa shape index (κ3) is 4.59. The van der Waals surface area contributed by atoms with Crippen molar-refractivity contribution < 1.29 is 18.7 Å². The van der Waals surface area contributed by atoms with Gasteiger partial charge in [-0.2, -0.15) is 0 Å². The molecule has 2 rings (SSSR count). The fourth-order valence-corrected chi connectivity index (χ4v) is 3.67. The van der Waals surface area contributed by atoms with Gasteiger partial charge >= 0.3 is 11.8 Å². The summed E-state index contributed by atoms with van der Waals surface area (Å²) in [6, 6.07) is 5.38. The summed E-state index contributed by atoms with van der Waals surface area (Å²) in [5.41, 5.74) is 0.0121. The smallest absolute Gasteiger partial charge is 0.313 e. The van der Waals surface area contributed by atoms with Crippen molar-refractivity contribution >= 4 is 34.0 Å². The van der Waals surface area contributed by atoms with E-state index < -0.39 is 27.5 Å². The first-order valence-electron chi connectivity index (χ1n) is 7.06. The third-order valence-electron chi connectivity index (χ3n) is 3.39. The first-order valence-corrected chi connectivity index (χ1v) is 8.55. The van der Waals surface area contributed by atoms with Crippen molar-refractivity contribution in [3.8, 4) is 0 Å². The molecule has 9 heteroatoms. The van der Waals surface area contributed by atoms with Crippen LogP contribution in [0, 0.1) is 16.0 Å². The highest BCUT2D eigenvalue weighted by molar-refractivity contribution is 7.85. The Morgan fingerprint density at radius 1 is 1.43 bits per heavy atom. The molecule has 1 N–H and O–H groups in total. The Morgan fingerprint density at radius 2 is 2.17 bits per heavy atom. The number of benzene rings is 1. The van der Waals surface area contributed by atoms with Crippen LogP contribution < -0.4 is 5.32 Å². The van der Waals surface area contributed by atoms with Crippen LogP contribution in [-0.4, -0.2) is 50.4 Å². The van der Waals surface area contributed by atoms with E-state index >= 15 is 0 Å². The van der Waals surface area contributed by atoms with Crippen LogP contribution >= 0.6 is 0 Å². The number of amides is 2. The van der Waals surface area contributed by atoms with Gasteiger partial charge in [-0.3, -0.25) is 23.9 Å². The number of hydrogen-bond donors (Lipinski definition) is 1. The van der Waals surface area contributed by atoms with E-state index in [9.17, 15) is 23.9 Å². The Morgan fingerprint density at radius 3 is 2.87 bits per heavy atom. The zero-order valence-corrected chi connectivity index (χ0v) is 13.4. The van der Waals surface area contributed by atoms with Gasteiger partial charge in [0.1, 0.15) is 0 Å². The second kappa shape index (κ2) is 7.32. The molecule has 2 atom stereocenters. The molecule has 1 saturated heterocycles. The molecular weight excluding hydrogens is 322 g/mol. The van der Waals surface area contributed by atoms with E-state index in [1.165, 1.54) is 29.2 Å². The molecule has 1 aromatic carbocycles. The molecule has 0 saturated carbocycles. The number of nitro groups is 1. The fraction of sp³-hybridized carbons (Fsp3) is 0.429. The Bertz CT molecular complexity index is 664. The lowest BCUT2D eigenvalue weighted by molar-refractivity contribution is -0.384. The van der Waals surface area contributed by atoms with Crippen LogP contribution in [-0.2, 0) is 20.4 Å². The van der Waals surface area contributed by atoms with E-state index in [1.54, 1.807) is 0 Å². The number of carbonyl (C=O) groups is 2. The summed E-state index contributed by atoms with van der Waals surface area (Å²) in [4.78, 5) is 35.8. The van der Waals surface area contributed by atoms with Gasteiger partial charge in [0.15, 0.2) is 0 Å². The van der Waals surface area contributed by atoms with Crippen LogP contribution in [0.2, 0.25) is 0 Å². The number of nitrogens with zero attached hydrogens (tertiary/aromatic N) is 2. The Balaban J connectivity index is 2.05. The van der Waals surface area contributed by atoms with Crippen LogP contribution in [0.15, 0.2) is 24.3 Å². The zero-order chi connectivity index (χ0) is 17.0. The molecule has 0 bridgehead atoms. The molecule has 1 heterocycles. The Hall–Kier alpha value is -2.29. The standard InChI is InChI=1S/C14H17N3O5S/c1-10-8-16(5-6-23(22)9-10)14(19)13(18)15-11-3-2-4-12(7-11)17(20)21/h2-4,7,10H,5-6,8-9H2,1H3,(H,15,18)/t10-,23+/m1/s1. The second-order valence-corrected chi connectivity index (χ2v) is 7.05. The first kappa shape index (κ1) is 17.1. The van der Waals surface area contributed by atoms with Crippen molar-refractivity contribution in [2.75, 3.05) is 29.9 Å². The molecule has 0 unspecified atom stereocenters. The van der Waals surface area contributed by atoms with Gasteiger partial charge in [-0.25, -0.2) is 0 Å². The van der Waals surface area contributed by atoms with E-state index in [1.807, 2.05) is 6.92 Å². The number of rotatable bonds is 2. The van der Waals surface area contributed by atoms with E-state index in [0.29, 0.717) is 18.1 Å². The molecule has 1 fully saturated rings. The fourth-order valence-electron chi connectivity index (χ4n) is 2.34. The average molecular weight is 339 g/mol. The highest BCUT2D eigenvalue weighted by Gasteiger charge is 2.27. The lowest BCUT2D eigenvalue weighted by Gasteiger charge is -2.21. The molecule has 0 aliphatic carbocycles. The molecule has 2 amide bonds. The van der Waals surface area contributed by atoms with Crippen molar-refractivity contribution in [3.63, 3.8) is 0 Å². The van der Waals surface area contributed by atoms with Crippen molar-refractivity contribution in [3.05, 3.63) is 34.4 Å². The van der Waals surface area contributed by atoms with Crippen LogP contribution in [0.4, 0.5) is 11.4 Å². The Kier molecular flexibility index (Phi) is 5.43. The molecule has 8 nitrogen and oxygen atoms in total. The van der Waals surface area contributed by atoms with Crippen LogP contribution in [0.25, 0.3) is 0 Å². The second-order valence-electron chi connectivity index (χ2n) is 5.43. The van der Waals surface area contributed by atoms with Gasteiger partial charge in [-0.05, 0) is 12.0 Å². The average Bonchev–Trinajstić information content (AvgIpc) is 2.67. The molecule has 1 aliphatic heterocycles. The number of hydrogen-bond acceptors (Lipinski definition) is 5. The lowest BCUT2D eigenvalue weighted by Crippen LogP contribution is -2.42. The number of nitro benzene ring substituents is 1. The van der Waals surface area contributed by atoms with Gasteiger partial charge in [-0.1, -0.05) is 13.0 Å². The van der Waals surface area contributed by atoms with Crippen molar-refractivity contribution in [1.82, 2.24) is 4.90 Å². The monoisotopic (exact) mass is 339 g/mol. The summed E-state index contributed by atoms with van der Waals surface area (Å²) in [6.45, 7) is 2.51. The third-order valence-corrected chi connectivity index (χ3v) is 4.97. The quantitative estimate of drug-likeness (QED) is 0.486. The van der Waals surface area contributed by atoms with Crippen LogP contribution in [0.5, 0.6) is 0 Å². The molecule has 1 aliphatic rings. The van der Waals surface area contributed by atoms with Gasteiger partial charge < -0.3 is 10.2 Å². The lowest BCUT2D eigenvalue weighted by atomic mass is 10.2. The van der Waals surface area contributed by atoms with Crippen LogP contribution in [0.3, 0.4) is 0 Å². The van der Waals surface area contributed by atoms with Crippen molar-refractivity contribution in [2.24, 2.45) is 5.92 Å². The van der Waals surface area contributed by atoms with Gasteiger partial charge in [0, 0.05) is 53.2 Å². The van der Waals surface area contributed by atoms with E-state index in [0.717, 1.165) is 0 Å². The Labute approximate surface area is 135 Å². The predicted octanol–water partition coefficient (Wildman–Crippen LogP) is 0.760. The highest BCUT2D eigenvalue weighted by Crippen LogP contribution is 2.17. The first-order chi connectivity index (χ1) is 10.9. The van der Waals surface area contributed by atoms with Crippen molar-refractivity contribution in [1.29, 1.82) is 0 Å². The summed E-state index contributed by atoms with van der Waals surface area (Å²) >= 11 is 0. The van der Waals surface area contributed by atoms with Gasteiger partial charge in [0.05, 0.1) is 4.92 Å². The maximum atomic E-state index is 12.2. The summed E-state index contributed by atoms with van der Waals surface area (Å²) in [7, 11) is -0.985. The number of nitrogens with one attached hydrogen (secondary N) is 1. The highest BCUT2D eigenvalue weighted by atomic mass is 32.2. The van der Waals surface area contributed by atoms with E-state index in [-0.39, 0.29) is 23.8 Å². The largest absolute Gasteiger partial charge is 0.333 e. The molecule has 1 aromatic rings. The number of carbonyl (C=O) groups excluding carboxylic acids is 2. The number of anilines is 1. The van der Waals surface area contributed by atoms with Crippen molar-refractivity contribution in [2.45, 2.75) is 6.92 Å². The molecule has 124 valence electrons. The topological polar surface area (TPSA) is 110 Å². The maximum absolute atomic E-state index is 12.2. The minimum absolute atomic E-state index is 0.0490. The van der Waals surface area contributed by atoms with E-state index in [4.69, 9.17) is 0 Å². The zero-order valence-electron chi connectivity index (χ0n) is 12.6.